The van der Waals surface area contributed by atoms with E-state index in [0.29, 0.717) is 0 Å². The molecule has 0 aliphatic heterocycles. The lowest BCUT2D eigenvalue weighted by molar-refractivity contribution is 1.18. The summed E-state index contributed by atoms with van der Waals surface area (Å²) in [5.74, 6) is 0. The van der Waals surface area contributed by atoms with Gasteiger partial charge >= 0.3 is 0 Å². The fourth-order valence-electron chi connectivity index (χ4n) is 5.36. The molecule has 1 aromatic heterocycles. The maximum absolute atomic E-state index is 3.84. The van der Waals surface area contributed by atoms with Gasteiger partial charge in [0, 0.05) is 38.0 Å². The van der Waals surface area contributed by atoms with Gasteiger partial charge in [0.1, 0.15) is 0 Å². The molecule has 0 bridgehead atoms. The number of rotatable bonds is 4. The minimum absolute atomic E-state index is 1.08. The second-order valence-electron chi connectivity index (χ2n) is 9.21. The summed E-state index contributed by atoms with van der Waals surface area (Å²) < 4.78 is 3.45. The summed E-state index contributed by atoms with van der Waals surface area (Å²) in [5.41, 5.74) is 6.89. The van der Waals surface area contributed by atoms with Gasteiger partial charge in [-0.2, -0.15) is 0 Å². The molecule has 7 aromatic rings. The molecular weight excluding hydrogens is 516 g/mol. The van der Waals surface area contributed by atoms with Gasteiger partial charge in [-0.3, -0.25) is 0 Å². The average molecular weight is 539 g/mol. The lowest BCUT2D eigenvalue weighted by Crippen LogP contribution is -2.10. The summed E-state index contributed by atoms with van der Waals surface area (Å²) in [6.45, 7) is 0. The second-order valence-corrected chi connectivity index (χ2v) is 10.1. The summed E-state index contributed by atoms with van der Waals surface area (Å²) in [4.78, 5) is 2.34. The maximum atomic E-state index is 3.84. The number of para-hydroxylation sites is 3. The number of aromatic nitrogens is 1. The highest BCUT2D eigenvalue weighted by Gasteiger charge is 2.18. The molecule has 37 heavy (non-hydrogen) atoms. The number of fused-ring (bicyclic) bond motifs is 4. The molecule has 0 radical (unpaired) electrons. The van der Waals surface area contributed by atoms with Crippen molar-refractivity contribution in [3.05, 3.63) is 144 Å². The standard InChI is InChI=1S/C34H23BrN2/c35-32-22-28(21-24-11-7-8-16-29(24)32)36(25-12-3-1-4-13-25)27-19-20-31-30-17-9-10-18-33(30)37(34(31)23-27)26-14-5-2-6-15-26/h1-23H. The second kappa shape index (κ2) is 8.95. The van der Waals surface area contributed by atoms with Gasteiger partial charge < -0.3 is 9.47 Å². The van der Waals surface area contributed by atoms with E-state index in [1.165, 1.54) is 32.6 Å². The van der Waals surface area contributed by atoms with Gasteiger partial charge in [0.25, 0.3) is 0 Å². The third kappa shape index (κ3) is 3.71. The Hall–Kier alpha value is -4.34. The predicted octanol–water partition coefficient (Wildman–Crippen LogP) is 10.2. The first-order valence-electron chi connectivity index (χ1n) is 12.4. The predicted molar refractivity (Wildman–Crippen MR) is 161 cm³/mol. The van der Waals surface area contributed by atoms with Crippen molar-refractivity contribution in [2.24, 2.45) is 0 Å². The first-order valence-corrected chi connectivity index (χ1v) is 13.2. The summed E-state index contributed by atoms with van der Waals surface area (Å²) >= 11 is 3.84. The van der Waals surface area contributed by atoms with Crippen molar-refractivity contribution in [2.75, 3.05) is 4.90 Å². The Bertz CT molecular complexity index is 1890. The molecule has 176 valence electrons. The van der Waals surface area contributed by atoms with Crippen molar-refractivity contribution in [2.45, 2.75) is 0 Å². The largest absolute Gasteiger partial charge is 0.310 e. The van der Waals surface area contributed by atoms with Crippen LogP contribution in [0, 0.1) is 0 Å². The third-order valence-electron chi connectivity index (χ3n) is 7.00. The molecule has 0 saturated heterocycles. The van der Waals surface area contributed by atoms with Crippen molar-refractivity contribution >= 4 is 65.6 Å². The zero-order valence-electron chi connectivity index (χ0n) is 20.1. The van der Waals surface area contributed by atoms with Crippen LogP contribution in [0.15, 0.2) is 144 Å². The van der Waals surface area contributed by atoms with Crippen LogP contribution in [0.2, 0.25) is 0 Å². The zero-order valence-corrected chi connectivity index (χ0v) is 21.6. The normalized spacial score (nSPS) is 11.4. The molecule has 0 aliphatic carbocycles. The van der Waals surface area contributed by atoms with Gasteiger partial charge in [0.15, 0.2) is 0 Å². The number of nitrogens with zero attached hydrogens (tertiary/aromatic N) is 2. The molecule has 0 unspecified atom stereocenters. The molecule has 0 atom stereocenters. The zero-order chi connectivity index (χ0) is 24.8. The molecule has 0 amide bonds. The topological polar surface area (TPSA) is 8.17 Å². The Labute approximate surface area is 224 Å². The highest BCUT2D eigenvalue weighted by molar-refractivity contribution is 9.10. The minimum Gasteiger partial charge on any atom is -0.310 e. The van der Waals surface area contributed by atoms with E-state index in [-0.39, 0.29) is 0 Å². The van der Waals surface area contributed by atoms with E-state index in [1.54, 1.807) is 0 Å². The van der Waals surface area contributed by atoms with Gasteiger partial charge in [-0.25, -0.2) is 0 Å². The monoisotopic (exact) mass is 538 g/mol. The lowest BCUT2D eigenvalue weighted by Gasteiger charge is -2.26. The van der Waals surface area contributed by atoms with Gasteiger partial charge in [-0.1, -0.05) is 101 Å². The van der Waals surface area contributed by atoms with Crippen LogP contribution >= 0.6 is 15.9 Å². The van der Waals surface area contributed by atoms with E-state index in [9.17, 15) is 0 Å². The van der Waals surface area contributed by atoms with E-state index in [0.717, 1.165) is 27.2 Å². The molecule has 0 N–H and O–H groups in total. The Balaban J connectivity index is 1.52. The summed E-state index contributed by atoms with van der Waals surface area (Å²) in [6, 6.07) is 49.7. The summed E-state index contributed by atoms with van der Waals surface area (Å²) in [5, 5.41) is 4.91. The van der Waals surface area contributed by atoms with Gasteiger partial charge in [-0.05, 0) is 65.4 Å². The quantitative estimate of drug-likeness (QED) is 0.216. The number of hydrogen-bond acceptors (Lipinski definition) is 1. The first kappa shape index (κ1) is 21.9. The van der Waals surface area contributed by atoms with Gasteiger partial charge in [0.2, 0.25) is 0 Å². The minimum atomic E-state index is 1.08. The highest BCUT2D eigenvalue weighted by atomic mass is 79.9. The Morgan fingerprint density at radius 3 is 1.92 bits per heavy atom. The number of benzene rings is 6. The molecule has 0 aliphatic rings. The SMILES string of the molecule is Brc1cc(N(c2ccccc2)c2ccc3c4ccccc4n(-c4ccccc4)c3c2)cc2ccccc12. The molecule has 0 spiro atoms. The molecular formula is C34H23BrN2. The smallest absolute Gasteiger partial charge is 0.0561 e. The van der Waals surface area contributed by atoms with Crippen molar-refractivity contribution < 1.29 is 0 Å². The molecule has 3 heteroatoms. The van der Waals surface area contributed by atoms with Crippen LogP contribution in [0.3, 0.4) is 0 Å². The van der Waals surface area contributed by atoms with E-state index < -0.39 is 0 Å². The highest BCUT2D eigenvalue weighted by Crippen LogP contribution is 2.41. The average Bonchev–Trinajstić information content (AvgIpc) is 3.28. The van der Waals surface area contributed by atoms with Crippen LogP contribution < -0.4 is 4.90 Å². The van der Waals surface area contributed by atoms with Crippen LogP contribution in [0.1, 0.15) is 0 Å². The number of halogens is 1. The van der Waals surface area contributed by atoms with Crippen molar-refractivity contribution in [1.82, 2.24) is 4.57 Å². The van der Waals surface area contributed by atoms with E-state index in [1.807, 2.05) is 0 Å². The van der Waals surface area contributed by atoms with Crippen LogP contribution in [-0.2, 0) is 0 Å². The fraction of sp³-hybridized carbons (Fsp3) is 0. The number of anilines is 3. The van der Waals surface area contributed by atoms with Crippen LogP contribution in [0.25, 0.3) is 38.3 Å². The lowest BCUT2D eigenvalue weighted by atomic mass is 10.1. The van der Waals surface area contributed by atoms with Crippen LogP contribution in [-0.4, -0.2) is 4.57 Å². The molecule has 2 nitrogen and oxygen atoms in total. The van der Waals surface area contributed by atoms with Crippen LogP contribution in [0.4, 0.5) is 17.1 Å². The molecule has 0 fully saturated rings. The van der Waals surface area contributed by atoms with Gasteiger partial charge in [-0.15, -0.1) is 0 Å². The third-order valence-corrected chi connectivity index (χ3v) is 7.65. The summed E-state index contributed by atoms with van der Waals surface area (Å²) in [7, 11) is 0. The van der Waals surface area contributed by atoms with Crippen molar-refractivity contribution in [3.8, 4) is 5.69 Å². The van der Waals surface area contributed by atoms with E-state index in [2.05, 4.69) is 165 Å². The first-order chi connectivity index (χ1) is 18.3. The van der Waals surface area contributed by atoms with E-state index in [4.69, 9.17) is 0 Å². The Morgan fingerprint density at radius 2 is 1.11 bits per heavy atom. The van der Waals surface area contributed by atoms with E-state index >= 15 is 0 Å². The Kier molecular flexibility index (Phi) is 5.30. The molecule has 0 saturated carbocycles. The van der Waals surface area contributed by atoms with Gasteiger partial charge in [0.05, 0.1) is 11.0 Å². The molecule has 6 aromatic carbocycles. The number of hydrogen-bond donors (Lipinski definition) is 0. The summed E-state index contributed by atoms with van der Waals surface area (Å²) in [6.07, 6.45) is 0. The maximum Gasteiger partial charge on any atom is 0.0561 e. The molecule has 7 rings (SSSR count). The fourth-order valence-corrected chi connectivity index (χ4v) is 5.95. The molecule has 1 heterocycles. The van der Waals surface area contributed by atoms with Crippen molar-refractivity contribution in [1.29, 1.82) is 0 Å². The van der Waals surface area contributed by atoms with Crippen molar-refractivity contribution in [3.63, 3.8) is 0 Å². The Morgan fingerprint density at radius 1 is 0.459 bits per heavy atom. The van der Waals surface area contributed by atoms with Crippen LogP contribution in [0.5, 0.6) is 0 Å².